The molecule has 0 amide bonds. The number of hydrogen-bond acceptors (Lipinski definition) is 4. The Morgan fingerprint density at radius 2 is 0.637 bits per heavy atom. The average molecular weight is 1460 g/mol. The average Bonchev–Trinajstić information content (AvgIpc) is 1.56. The van der Waals surface area contributed by atoms with Crippen LogP contribution in [0, 0.1) is 0 Å². The Labute approximate surface area is 665 Å². The van der Waals surface area contributed by atoms with Gasteiger partial charge in [-0.25, -0.2) is 0 Å². The molecule has 2 aliphatic carbocycles. The Kier molecular flexibility index (Phi) is 20.2. The maximum Gasteiger partial charge on any atom is 0.119 e. The van der Waals surface area contributed by atoms with Gasteiger partial charge in [-0.3, -0.25) is 0 Å². The summed E-state index contributed by atoms with van der Waals surface area (Å²) in [6.07, 6.45) is 14.3. The van der Waals surface area contributed by atoms with Crippen LogP contribution in [0.5, 0.6) is 11.5 Å². The number of rotatable bonds is 29. The molecule has 0 N–H and O–H groups in total. The summed E-state index contributed by atoms with van der Waals surface area (Å²) in [7, 11) is 0. The van der Waals surface area contributed by atoms with Gasteiger partial charge in [0, 0.05) is 61.4 Å². The van der Waals surface area contributed by atoms with Crippen molar-refractivity contribution in [1.29, 1.82) is 0 Å². The number of anilines is 6. The Morgan fingerprint density at radius 1 is 0.274 bits per heavy atom. The first-order chi connectivity index (χ1) is 55.9. The fourth-order valence-electron chi connectivity index (χ4n) is 18.2. The van der Waals surface area contributed by atoms with E-state index < -0.39 is 0 Å². The third kappa shape index (κ3) is 13.8. The second-order valence-corrected chi connectivity index (χ2v) is 30.2. The largest absolute Gasteiger partial charge is 0.494 e. The van der Waals surface area contributed by atoms with Gasteiger partial charge in [-0.15, -0.1) is 0 Å². The normalized spacial score (nSPS) is 14.4. The second kappa shape index (κ2) is 32.0. The minimum Gasteiger partial charge on any atom is -0.494 e. The van der Waals surface area contributed by atoms with Crippen LogP contribution in [-0.4, -0.2) is 17.8 Å². The van der Waals surface area contributed by atoms with Crippen LogP contribution in [-0.2, 0) is 10.8 Å². The molecule has 113 heavy (non-hydrogen) atoms. The molecule has 16 aromatic rings. The van der Waals surface area contributed by atoms with E-state index in [-0.39, 0.29) is 10.8 Å². The lowest BCUT2D eigenvalue weighted by Crippen LogP contribution is -2.27. The molecule has 0 fully saturated rings. The van der Waals surface area contributed by atoms with Gasteiger partial charge < -0.3 is 23.8 Å². The predicted octanol–water partition coefficient (Wildman–Crippen LogP) is 29.0. The topological polar surface area (TPSA) is 29.9 Å². The van der Waals surface area contributed by atoms with E-state index >= 15 is 0 Å². The second-order valence-electron chi connectivity index (χ2n) is 30.2. The zero-order chi connectivity index (χ0) is 75.9. The minimum atomic E-state index is -0.319. The van der Waals surface area contributed by atoms with Gasteiger partial charge in [0.2, 0.25) is 0 Å². The van der Waals surface area contributed by atoms with Crippen molar-refractivity contribution in [1.82, 2.24) is 4.57 Å². The molecule has 0 aliphatic heterocycles. The van der Waals surface area contributed by atoms with Crippen LogP contribution in [0.3, 0.4) is 0 Å². The highest BCUT2D eigenvalue weighted by atomic mass is 16.5. The number of aromatic nitrogens is 1. The zero-order valence-corrected chi connectivity index (χ0v) is 63.9. The fraction of sp³-hybridized carbons (Fsp3) is 0.130. The summed E-state index contributed by atoms with van der Waals surface area (Å²) < 4.78 is 14.8. The summed E-state index contributed by atoms with van der Waals surface area (Å²) in [5.41, 5.74) is 29.7. The van der Waals surface area contributed by atoms with Crippen LogP contribution in [0.1, 0.15) is 109 Å². The van der Waals surface area contributed by atoms with E-state index in [0.717, 1.165) is 127 Å². The van der Waals surface area contributed by atoms with E-state index in [1.165, 1.54) is 99.7 Å². The first kappa shape index (κ1) is 71.4. The number of unbranched alkanes of at least 4 members (excludes halogenated alkanes) is 6. The highest BCUT2D eigenvalue weighted by Crippen LogP contribution is 2.58. The van der Waals surface area contributed by atoms with E-state index in [0.29, 0.717) is 13.2 Å². The van der Waals surface area contributed by atoms with Crippen LogP contribution in [0.25, 0.3) is 84.2 Å². The van der Waals surface area contributed by atoms with Gasteiger partial charge in [0.05, 0.1) is 24.2 Å². The molecule has 5 heteroatoms. The van der Waals surface area contributed by atoms with Gasteiger partial charge in [0.1, 0.15) is 11.5 Å². The summed E-state index contributed by atoms with van der Waals surface area (Å²) in [6.45, 7) is 9.22. The first-order valence-corrected chi connectivity index (χ1v) is 40.3. The number of ether oxygens (including phenoxy) is 2. The minimum absolute atomic E-state index is 0.319. The van der Waals surface area contributed by atoms with Gasteiger partial charge in [0.25, 0.3) is 0 Å². The van der Waals surface area contributed by atoms with Crippen molar-refractivity contribution in [3.05, 3.63) is 428 Å². The number of benzene rings is 15. The van der Waals surface area contributed by atoms with E-state index in [1.54, 1.807) is 0 Å². The molecular weight excluding hydrogens is 1370 g/mol. The predicted molar refractivity (Wildman–Crippen MR) is 475 cm³/mol. The van der Waals surface area contributed by atoms with Gasteiger partial charge in [0.15, 0.2) is 0 Å². The molecule has 18 rings (SSSR count). The molecule has 15 aromatic carbocycles. The van der Waals surface area contributed by atoms with Crippen LogP contribution in [0.4, 0.5) is 34.1 Å². The zero-order valence-electron chi connectivity index (χ0n) is 63.9. The first-order valence-electron chi connectivity index (χ1n) is 40.3. The number of fused-ring (bicyclic) bond motifs is 9. The molecule has 2 unspecified atom stereocenters. The molecule has 1 aromatic heterocycles. The van der Waals surface area contributed by atoms with Crippen molar-refractivity contribution in [3.63, 3.8) is 0 Å². The molecular formula is C108H91N3O2. The van der Waals surface area contributed by atoms with Crippen LogP contribution in [0.2, 0.25) is 0 Å². The van der Waals surface area contributed by atoms with Crippen molar-refractivity contribution in [2.45, 2.75) is 75.0 Å². The van der Waals surface area contributed by atoms with Crippen molar-refractivity contribution in [3.8, 4) is 61.7 Å². The van der Waals surface area contributed by atoms with Gasteiger partial charge >= 0.3 is 0 Å². The lowest BCUT2D eigenvalue weighted by molar-refractivity contribution is 0.303. The Balaban J connectivity index is 0.684. The summed E-state index contributed by atoms with van der Waals surface area (Å²) in [4.78, 5) is 4.81. The van der Waals surface area contributed by atoms with E-state index in [4.69, 9.17) is 9.47 Å². The number of hydrogen-bond donors (Lipinski definition) is 0. The summed E-state index contributed by atoms with van der Waals surface area (Å²) in [5, 5.41) is 2.41. The van der Waals surface area contributed by atoms with Crippen LogP contribution < -0.4 is 19.3 Å². The van der Waals surface area contributed by atoms with Crippen LogP contribution in [0.15, 0.2) is 383 Å². The van der Waals surface area contributed by atoms with E-state index in [2.05, 4.69) is 373 Å². The highest BCUT2D eigenvalue weighted by Gasteiger charge is 2.46. The van der Waals surface area contributed by atoms with Gasteiger partial charge in [-0.1, -0.05) is 300 Å². The smallest absolute Gasteiger partial charge is 0.119 e. The number of nitrogens with zero attached hydrogens (tertiary/aromatic N) is 3. The van der Waals surface area contributed by atoms with Crippen LogP contribution >= 0.6 is 0 Å². The standard InChI is InChI=1S/C108H91N3O2/c1-3-78-45-64-93(65-46-78)112-73-29-7-5-27-71-107(84-31-13-9-14-32-84)101-42-24-21-39-95(101)97-68-53-82(75-103(97)107)80-49-55-88(56-50-80)109(90-59-61-91(62-60-90)110(86-35-17-11-18-36-86)92-63-70-106-100(77-92)99-41-23-26-44-105(99)111(106)87-37-19-12-20-38-87)89-57-51-81(52-58-89)83-54-69-98-96-40-22-25-43-102(96)108(104(98)76-83,85-33-15-10-16-34-85)72-28-6-8-30-74-113-94-66-47-79(4-2)48-67-94/h3-4,9-26,31-70,75-77H,1-2,5-8,27-30,71-74H2. The lowest BCUT2D eigenvalue weighted by atomic mass is 9.69. The molecule has 0 spiro atoms. The maximum absolute atomic E-state index is 6.20. The van der Waals surface area contributed by atoms with E-state index in [1.807, 2.05) is 36.4 Å². The quantitative estimate of drug-likeness (QED) is 0.0437. The van der Waals surface area contributed by atoms with Crippen molar-refractivity contribution < 1.29 is 9.47 Å². The SMILES string of the molecule is C=Cc1ccc(OCCCCCCC2(c3ccccc3)c3ccccc3-c3ccc(-c4ccc(N(c5ccc(-c6ccc7c(c6)C(CCCCCCOc6ccc(C=C)cc6)(c6ccccc6)c6ccccc6-7)cc5)c5ccc(N(c6ccccc6)c6ccc7c(c6)c6ccccc6n7-c6ccccc6)cc5)cc4)cc32)cc1. The van der Waals surface area contributed by atoms with Crippen molar-refractivity contribution >= 4 is 68.1 Å². The van der Waals surface area contributed by atoms with Gasteiger partial charge in [-0.2, -0.15) is 0 Å². The van der Waals surface area contributed by atoms with Gasteiger partial charge in [-0.05, 0) is 248 Å². The lowest BCUT2D eigenvalue weighted by Gasteiger charge is -2.33. The number of para-hydroxylation sites is 3. The molecule has 2 atom stereocenters. The Morgan fingerprint density at radius 3 is 1.12 bits per heavy atom. The third-order valence-electron chi connectivity index (χ3n) is 23.7. The van der Waals surface area contributed by atoms with Crippen molar-refractivity contribution in [2.75, 3.05) is 23.0 Å². The summed E-state index contributed by atoms with van der Waals surface area (Å²) in [5.74, 6) is 1.82. The summed E-state index contributed by atoms with van der Waals surface area (Å²) in [6, 6.07) is 137. The molecule has 0 radical (unpaired) electrons. The molecule has 0 saturated carbocycles. The third-order valence-corrected chi connectivity index (χ3v) is 23.7. The molecule has 0 saturated heterocycles. The molecule has 550 valence electrons. The van der Waals surface area contributed by atoms with Crippen molar-refractivity contribution in [2.24, 2.45) is 0 Å². The summed E-state index contributed by atoms with van der Waals surface area (Å²) >= 11 is 0. The molecule has 2 aliphatic rings. The molecule has 0 bridgehead atoms. The molecule has 5 nitrogen and oxygen atoms in total. The monoisotopic (exact) mass is 1460 g/mol. The molecule has 1 heterocycles. The van der Waals surface area contributed by atoms with E-state index in [9.17, 15) is 0 Å². The highest BCUT2D eigenvalue weighted by molar-refractivity contribution is 6.11. The maximum atomic E-state index is 6.20. The fourth-order valence-corrected chi connectivity index (χ4v) is 18.2. The Bertz CT molecular complexity index is 5760. The Hall–Kier alpha value is -13.2.